The lowest BCUT2D eigenvalue weighted by Gasteiger charge is -2.38. The molecule has 4 bridgehead atoms. The number of nitrogens with zero attached hydrogens (tertiary/aromatic N) is 1. The van der Waals surface area contributed by atoms with Crippen molar-refractivity contribution in [2.24, 2.45) is 23.7 Å². The van der Waals surface area contributed by atoms with Gasteiger partial charge >= 0.3 is 11.9 Å². The van der Waals surface area contributed by atoms with Gasteiger partial charge in [0.25, 0.3) is 0 Å². The summed E-state index contributed by atoms with van der Waals surface area (Å²) in [5.74, 6) is -1.01. The molecule has 0 unspecified atom stereocenters. The molecule has 0 aromatic rings. The zero-order chi connectivity index (χ0) is 32.7. The molecule has 0 spiro atoms. The Kier molecular flexibility index (Phi) is 14.0. The molecule has 4 fully saturated rings. The first-order chi connectivity index (χ1) is 21.6. The van der Waals surface area contributed by atoms with Crippen molar-refractivity contribution < 1.29 is 33.3 Å². The second-order valence-corrected chi connectivity index (χ2v) is 15.0. The van der Waals surface area contributed by atoms with Crippen LogP contribution in [0.4, 0.5) is 0 Å². The summed E-state index contributed by atoms with van der Waals surface area (Å²) in [5, 5.41) is 0. The van der Waals surface area contributed by atoms with E-state index >= 15 is 0 Å². The van der Waals surface area contributed by atoms with Gasteiger partial charge in [-0.3, -0.25) is 9.59 Å². The highest BCUT2D eigenvalue weighted by atomic mass is 16.6. The largest absolute Gasteiger partial charge is 0.462 e. The maximum Gasteiger partial charge on any atom is 0.311 e. The van der Waals surface area contributed by atoms with E-state index in [4.69, 9.17) is 23.7 Å². The minimum absolute atomic E-state index is 0.0184. The summed E-state index contributed by atoms with van der Waals surface area (Å²) in [4.78, 5) is 29.6. The van der Waals surface area contributed by atoms with Gasteiger partial charge in [0.05, 0.1) is 48.5 Å². The summed E-state index contributed by atoms with van der Waals surface area (Å²) in [6, 6.07) is 0.513. The molecule has 4 heterocycles. The van der Waals surface area contributed by atoms with Crippen LogP contribution in [0.3, 0.4) is 0 Å². The Morgan fingerprint density at radius 3 is 2.09 bits per heavy atom. The van der Waals surface area contributed by atoms with E-state index in [1.807, 2.05) is 13.8 Å². The minimum atomic E-state index is -0.365. The average Bonchev–Trinajstić information content (AvgIpc) is 3.79. The molecular weight excluding hydrogens is 570 g/mol. The molecule has 0 amide bonds. The van der Waals surface area contributed by atoms with Gasteiger partial charge in [-0.2, -0.15) is 0 Å². The summed E-state index contributed by atoms with van der Waals surface area (Å²) in [5.41, 5.74) is 0. The Morgan fingerprint density at radius 1 is 0.756 bits per heavy atom. The SMILES string of the molecule is CCCC[C@H](C[C@H]1CC[C@@H]([C@@H](CC)[C@@H]2OC(=O)[C@H](C)[C@H]3CC[C@@H](C[C@H](CCC)OC(=O)[C@@H](C)[C@H]4CC[C@H](O4)[C@@H]2C)O3)O1)N(C)C. The lowest BCUT2D eigenvalue weighted by Crippen LogP contribution is -2.45. The van der Waals surface area contributed by atoms with Crippen molar-refractivity contribution in [1.29, 1.82) is 0 Å². The molecular formula is C37H65NO7. The topological polar surface area (TPSA) is 83.5 Å². The van der Waals surface area contributed by atoms with Crippen LogP contribution in [0.5, 0.6) is 0 Å². The number of carbonyl (C=O) groups excluding carboxylic acids is 2. The predicted octanol–water partition coefficient (Wildman–Crippen LogP) is 7.10. The van der Waals surface area contributed by atoms with Crippen molar-refractivity contribution in [3.8, 4) is 0 Å². The number of ether oxygens (including phenoxy) is 5. The number of esters is 2. The maximum atomic E-state index is 13.9. The van der Waals surface area contributed by atoms with E-state index in [1.54, 1.807) is 0 Å². The third kappa shape index (κ3) is 9.45. The van der Waals surface area contributed by atoms with Crippen molar-refractivity contribution in [3.63, 3.8) is 0 Å². The molecule has 0 radical (unpaired) electrons. The standard InChI is InChI=1S/C37H65NO7/c1-9-12-14-26(38(7)8)21-28-16-18-34(42-28)30(11-3)35-23(4)31-19-20-33(44-31)25(6)36(39)43-27(13-10-2)22-29-15-17-32(41-29)24(5)37(40)45-35/h23-35H,9-22H2,1-8H3/t23-,24+,25-,26+,27-,28+,29-,30+,31-,32+,33+,34-,35+/m0/s1. The molecule has 45 heavy (non-hydrogen) atoms. The Morgan fingerprint density at radius 2 is 1.42 bits per heavy atom. The summed E-state index contributed by atoms with van der Waals surface area (Å²) in [6.07, 6.45) is 12.6. The van der Waals surface area contributed by atoms with Gasteiger partial charge in [0.1, 0.15) is 12.2 Å². The van der Waals surface area contributed by atoms with Crippen LogP contribution in [0.15, 0.2) is 0 Å². The van der Waals surface area contributed by atoms with Crippen molar-refractivity contribution in [3.05, 3.63) is 0 Å². The van der Waals surface area contributed by atoms with Gasteiger partial charge in [0.15, 0.2) is 0 Å². The Bertz CT molecular complexity index is 928. The second-order valence-electron chi connectivity index (χ2n) is 15.0. The van der Waals surface area contributed by atoms with E-state index < -0.39 is 0 Å². The minimum Gasteiger partial charge on any atom is -0.462 e. The number of hydrogen-bond acceptors (Lipinski definition) is 8. The number of cyclic esters (lactones) is 2. The van der Waals surface area contributed by atoms with E-state index in [2.05, 4.69) is 46.7 Å². The zero-order valence-corrected chi connectivity index (χ0v) is 29.7. The number of hydrogen-bond donors (Lipinski definition) is 0. The summed E-state index contributed by atoms with van der Waals surface area (Å²) in [7, 11) is 4.36. The van der Waals surface area contributed by atoms with Crippen LogP contribution in [0.25, 0.3) is 0 Å². The number of unbranched alkanes of at least 4 members (excludes halogenated alkanes) is 1. The molecule has 0 N–H and O–H groups in total. The third-order valence-corrected chi connectivity index (χ3v) is 11.5. The van der Waals surface area contributed by atoms with Gasteiger partial charge in [0, 0.05) is 24.3 Å². The van der Waals surface area contributed by atoms with Crippen molar-refractivity contribution in [2.75, 3.05) is 14.1 Å². The lowest BCUT2D eigenvalue weighted by atomic mass is 9.81. The Hall–Kier alpha value is -1.22. The number of rotatable bonds is 11. The summed E-state index contributed by atoms with van der Waals surface area (Å²) in [6.45, 7) is 12.6. The van der Waals surface area contributed by atoms with Crippen LogP contribution in [0.1, 0.15) is 131 Å². The molecule has 8 heteroatoms. The van der Waals surface area contributed by atoms with Crippen LogP contribution >= 0.6 is 0 Å². The van der Waals surface area contributed by atoms with E-state index in [1.165, 1.54) is 19.3 Å². The van der Waals surface area contributed by atoms with Gasteiger partial charge in [-0.1, -0.05) is 47.0 Å². The van der Waals surface area contributed by atoms with Crippen molar-refractivity contribution in [1.82, 2.24) is 4.90 Å². The van der Waals surface area contributed by atoms with Gasteiger partial charge in [-0.05, 0) is 92.2 Å². The molecule has 4 saturated heterocycles. The summed E-state index contributed by atoms with van der Waals surface area (Å²) < 4.78 is 32.6. The van der Waals surface area contributed by atoms with Gasteiger partial charge in [-0.15, -0.1) is 0 Å². The molecule has 4 aliphatic heterocycles. The van der Waals surface area contributed by atoms with E-state index in [0.29, 0.717) is 12.5 Å². The summed E-state index contributed by atoms with van der Waals surface area (Å²) >= 11 is 0. The van der Waals surface area contributed by atoms with Gasteiger partial charge in [-0.25, -0.2) is 0 Å². The second kappa shape index (κ2) is 17.3. The van der Waals surface area contributed by atoms with Crippen LogP contribution in [0.2, 0.25) is 0 Å². The first-order valence-electron chi connectivity index (χ1n) is 18.6. The third-order valence-electron chi connectivity index (χ3n) is 11.5. The first-order valence-corrected chi connectivity index (χ1v) is 18.6. The first kappa shape index (κ1) is 36.6. The smallest absolute Gasteiger partial charge is 0.311 e. The molecule has 8 nitrogen and oxygen atoms in total. The van der Waals surface area contributed by atoms with Crippen molar-refractivity contribution in [2.45, 2.75) is 186 Å². The highest BCUT2D eigenvalue weighted by molar-refractivity contribution is 5.73. The fraction of sp³-hybridized carbons (Fsp3) is 0.946. The fourth-order valence-electron chi connectivity index (χ4n) is 8.43. The average molecular weight is 636 g/mol. The molecule has 13 atom stereocenters. The maximum absolute atomic E-state index is 13.9. The van der Waals surface area contributed by atoms with Crippen LogP contribution in [-0.4, -0.2) is 85.8 Å². The number of carbonyl (C=O) groups is 2. The van der Waals surface area contributed by atoms with E-state index in [9.17, 15) is 9.59 Å². The van der Waals surface area contributed by atoms with Crippen LogP contribution < -0.4 is 0 Å². The predicted molar refractivity (Wildman–Crippen MR) is 176 cm³/mol. The molecule has 0 aromatic carbocycles. The molecule has 4 rings (SSSR count). The number of fused-ring (bicyclic) bond motifs is 4. The monoisotopic (exact) mass is 635 g/mol. The van der Waals surface area contributed by atoms with Crippen LogP contribution in [0, 0.1) is 23.7 Å². The quantitative estimate of drug-likeness (QED) is 0.222. The van der Waals surface area contributed by atoms with Gasteiger partial charge in [0.2, 0.25) is 0 Å². The molecule has 0 aliphatic carbocycles. The van der Waals surface area contributed by atoms with E-state index in [-0.39, 0.29) is 84.4 Å². The normalized spacial score (nSPS) is 39.5. The highest BCUT2D eigenvalue weighted by Gasteiger charge is 2.46. The lowest BCUT2D eigenvalue weighted by molar-refractivity contribution is -0.176. The molecule has 4 aliphatic rings. The highest BCUT2D eigenvalue weighted by Crippen LogP contribution is 2.40. The van der Waals surface area contributed by atoms with Crippen molar-refractivity contribution >= 4 is 11.9 Å². The Balaban J connectivity index is 1.53. The van der Waals surface area contributed by atoms with Crippen LogP contribution in [-0.2, 0) is 33.3 Å². The van der Waals surface area contributed by atoms with E-state index in [0.717, 1.165) is 64.2 Å². The Labute approximate surface area is 274 Å². The fourth-order valence-corrected chi connectivity index (χ4v) is 8.43. The molecule has 0 aromatic heterocycles. The molecule has 0 saturated carbocycles. The molecule has 260 valence electrons. The van der Waals surface area contributed by atoms with Gasteiger partial charge < -0.3 is 28.6 Å². The zero-order valence-electron chi connectivity index (χ0n) is 29.7.